The van der Waals surface area contributed by atoms with Crippen molar-refractivity contribution >= 4 is 17.3 Å². The number of hydrogen-bond acceptors (Lipinski definition) is 4. The van der Waals surface area contributed by atoms with Crippen molar-refractivity contribution < 1.29 is 0 Å². The molecule has 1 unspecified atom stereocenters. The second-order valence-electron chi connectivity index (χ2n) is 6.38. The predicted molar refractivity (Wildman–Crippen MR) is 92.6 cm³/mol. The molecule has 1 saturated heterocycles. The summed E-state index contributed by atoms with van der Waals surface area (Å²) in [6.45, 7) is 6.55. The molecule has 1 atom stereocenters. The molecule has 0 spiro atoms. The van der Waals surface area contributed by atoms with Crippen LogP contribution in [0.3, 0.4) is 0 Å². The first kappa shape index (κ1) is 15.7. The van der Waals surface area contributed by atoms with Crippen LogP contribution in [-0.2, 0) is 6.42 Å². The van der Waals surface area contributed by atoms with Gasteiger partial charge in [-0.15, -0.1) is 11.3 Å². The zero-order chi connectivity index (χ0) is 15.4. The number of hydrogen-bond donors (Lipinski definition) is 2. The Morgan fingerprint density at radius 1 is 1.41 bits per heavy atom. The van der Waals surface area contributed by atoms with Crippen molar-refractivity contribution in [2.24, 2.45) is 10.9 Å². The molecule has 6 heteroatoms. The zero-order valence-corrected chi connectivity index (χ0v) is 14.5. The molecule has 0 aromatic carbocycles. The van der Waals surface area contributed by atoms with Gasteiger partial charge >= 0.3 is 0 Å². The van der Waals surface area contributed by atoms with E-state index in [0.29, 0.717) is 0 Å². The molecule has 3 rings (SSSR count). The van der Waals surface area contributed by atoms with Gasteiger partial charge in [-0.25, -0.2) is 4.98 Å². The Hall–Kier alpha value is -1.14. The van der Waals surface area contributed by atoms with Gasteiger partial charge in [0.15, 0.2) is 5.96 Å². The van der Waals surface area contributed by atoms with E-state index in [1.54, 1.807) is 11.3 Å². The lowest BCUT2D eigenvalue weighted by atomic mass is 10.1. The second kappa shape index (κ2) is 7.42. The van der Waals surface area contributed by atoms with Crippen LogP contribution in [0, 0.1) is 12.8 Å². The number of aromatic nitrogens is 1. The first-order valence-corrected chi connectivity index (χ1v) is 9.16. The minimum Gasteiger partial charge on any atom is -0.356 e. The number of thiazole rings is 1. The fourth-order valence-electron chi connectivity index (χ4n) is 3.07. The lowest BCUT2D eigenvalue weighted by molar-refractivity contribution is 0.314. The normalized spacial score (nSPS) is 23.0. The van der Waals surface area contributed by atoms with E-state index in [1.165, 1.54) is 42.2 Å². The van der Waals surface area contributed by atoms with Crippen LogP contribution in [-0.4, -0.2) is 55.1 Å². The Labute approximate surface area is 137 Å². The molecule has 1 aromatic rings. The van der Waals surface area contributed by atoms with Gasteiger partial charge in [-0.2, -0.15) is 0 Å². The summed E-state index contributed by atoms with van der Waals surface area (Å²) >= 11 is 1.77. The molecule has 0 bridgehead atoms. The minimum absolute atomic E-state index is 0.765. The van der Waals surface area contributed by atoms with E-state index in [4.69, 9.17) is 0 Å². The fourth-order valence-corrected chi connectivity index (χ4v) is 3.85. The summed E-state index contributed by atoms with van der Waals surface area (Å²) in [6, 6.07) is 0.907. The first-order chi connectivity index (χ1) is 10.7. The van der Waals surface area contributed by atoms with Gasteiger partial charge in [0.25, 0.3) is 0 Å². The quantitative estimate of drug-likeness (QED) is 0.618. The third kappa shape index (κ3) is 4.43. The summed E-state index contributed by atoms with van der Waals surface area (Å²) < 4.78 is 0. The van der Waals surface area contributed by atoms with Crippen molar-refractivity contribution in [3.05, 3.63) is 16.1 Å². The number of nitrogens with one attached hydrogen (secondary N) is 2. The summed E-state index contributed by atoms with van der Waals surface area (Å²) in [5.41, 5.74) is 0. The highest BCUT2D eigenvalue weighted by atomic mass is 32.1. The Morgan fingerprint density at radius 3 is 2.95 bits per heavy atom. The largest absolute Gasteiger partial charge is 0.356 e. The molecule has 1 aliphatic carbocycles. The molecular weight excluding hydrogens is 294 g/mol. The van der Waals surface area contributed by atoms with Gasteiger partial charge in [0.1, 0.15) is 0 Å². The molecule has 2 aliphatic rings. The maximum atomic E-state index is 4.39. The molecule has 0 radical (unpaired) electrons. The van der Waals surface area contributed by atoms with E-state index in [0.717, 1.165) is 37.4 Å². The van der Waals surface area contributed by atoms with Crippen LogP contribution in [0.5, 0.6) is 0 Å². The summed E-state index contributed by atoms with van der Waals surface area (Å²) in [6.07, 6.45) is 7.05. The SMILES string of the molecule is CN=C(NCCc1ncc(C)s1)NCC1CCN(C2CC2)C1. The Balaban J connectivity index is 1.33. The van der Waals surface area contributed by atoms with Crippen LogP contribution >= 0.6 is 11.3 Å². The predicted octanol–water partition coefficient (Wildman–Crippen LogP) is 1.64. The van der Waals surface area contributed by atoms with E-state index < -0.39 is 0 Å². The van der Waals surface area contributed by atoms with Crippen molar-refractivity contribution in [2.45, 2.75) is 38.6 Å². The molecule has 0 amide bonds. The van der Waals surface area contributed by atoms with Crippen molar-refractivity contribution in [2.75, 3.05) is 33.2 Å². The summed E-state index contributed by atoms with van der Waals surface area (Å²) in [5.74, 6) is 1.68. The van der Waals surface area contributed by atoms with E-state index in [1.807, 2.05) is 13.2 Å². The monoisotopic (exact) mass is 321 g/mol. The average Bonchev–Trinajstić information content (AvgIpc) is 3.12. The van der Waals surface area contributed by atoms with Gasteiger partial charge in [0.05, 0.1) is 5.01 Å². The standard InChI is InChI=1S/C16H27N5S/c1-12-9-19-15(22-12)5-7-18-16(17-2)20-10-13-6-8-21(11-13)14-3-4-14/h9,13-14H,3-8,10-11H2,1-2H3,(H2,17,18,20). The molecular formula is C16H27N5S. The minimum atomic E-state index is 0.765. The lowest BCUT2D eigenvalue weighted by Crippen LogP contribution is -2.41. The van der Waals surface area contributed by atoms with E-state index in [9.17, 15) is 0 Å². The van der Waals surface area contributed by atoms with Crippen LogP contribution in [0.15, 0.2) is 11.2 Å². The highest BCUT2D eigenvalue weighted by Crippen LogP contribution is 2.31. The maximum Gasteiger partial charge on any atom is 0.191 e. The highest BCUT2D eigenvalue weighted by molar-refractivity contribution is 7.11. The lowest BCUT2D eigenvalue weighted by Gasteiger charge is -2.17. The van der Waals surface area contributed by atoms with Crippen LogP contribution in [0.2, 0.25) is 0 Å². The third-order valence-electron chi connectivity index (χ3n) is 4.46. The number of aryl methyl sites for hydroxylation is 1. The third-order valence-corrected chi connectivity index (χ3v) is 5.44. The number of rotatable bonds is 6. The maximum absolute atomic E-state index is 4.39. The molecule has 122 valence electrons. The van der Waals surface area contributed by atoms with E-state index in [2.05, 4.69) is 32.4 Å². The van der Waals surface area contributed by atoms with Gasteiger partial charge in [-0.3, -0.25) is 4.99 Å². The van der Waals surface area contributed by atoms with E-state index >= 15 is 0 Å². The molecule has 2 heterocycles. The van der Waals surface area contributed by atoms with Gasteiger partial charge in [0.2, 0.25) is 0 Å². The number of guanidine groups is 1. The Bertz CT molecular complexity index is 508. The Morgan fingerprint density at radius 2 is 2.27 bits per heavy atom. The molecule has 22 heavy (non-hydrogen) atoms. The van der Waals surface area contributed by atoms with Gasteiger partial charge in [-0.05, 0) is 38.6 Å². The average molecular weight is 321 g/mol. The molecule has 1 aromatic heterocycles. The van der Waals surface area contributed by atoms with Gasteiger partial charge in [-0.1, -0.05) is 0 Å². The topological polar surface area (TPSA) is 52.6 Å². The van der Waals surface area contributed by atoms with Crippen molar-refractivity contribution in [1.29, 1.82) is 0 Å². The van der Waals surface area contributed by atoms with Crippen molar-refractivity contribution in [3.63, 3.8) is 0 Å². The van der Waals surface area contributed by atoms with Crippen molar-refractivity contribution in [1.82, 2.24) is 20.5 Å². The summed E-state index contributed by atoms with van der Waals surface area (Å²) in [5, 5.41) is 8.06. The first-order valence-electron chi connectivity index (χ1n) is 8.34. The molecule has 5 nitrogen and oxygen atoms in total. The second-order valence-corrected chi connectivity index (χ2v) is 7.69. The van der Waals surface area contributed by atoms with Gasteiger partial charge in [0, 0.05) is 50.2 Å². The number of likely N-dealkylation sites (tertiary alicyclic amines) is 1. The smallest absolute Gasteiger partial charge is 0.191 e. The number of nitrogens with zero attached hydrogens (tertiary/aromatic N) is 3. The fraction of sp³-hybridized carbons (Fsp3) is 0.750. The zero-order valence-electron chi connectivity index (χ0n) is 13.6. The molecule has 1 saturated carbocycles. The summed E-state index contributed by atoms with van der Waals surface area (Å²) in [4.78, 5) is 12.6. The van der Waals surface area contributed by atoms with E-state index in [-0.39, 0.29) is 0 Å². The Kier molecular flexibility index (Phi) is 5.31. The summed E-state index contributed by atoms with van der Waals surface area (Å²) in [7, 11) is 1.84. The van der Waals surface area contributed by atoms with Crippen LogP contribution in [0.25, 0.3) is 0 Å². The highest BCUT2D eigenvalue weighted by Gasteiger charge is 2.34. The molecule has 2 N–H and O–H groups in total. The van der Waals surface area contributed by atoms with Crippen LogP contribution in [0.4, 0.5) is 0 Å². The van der Waals surface area contributed by atoms with Crippen LogP contribution in [0.1, 0.15) is 29.1 Å². The number of aliphatic imine (C=N–C) groups is 1. The van der Waals surface area contributed by atoms with Gasteiger partial charge < -0.3 is 15.5 Å². The van der Waals surface area contributed by atoms with Crippen molar-refractivity contribution in [3.8, 4) is 0 Å². The molecule has 2 fully saturated rings. The van der Waals surface area contributed by atoms with Crippen LogP contribution < -0.4 is 10.6 Å². The molecule has 1 aliphatic heterocycles.